The zero-order valence-electron chi connectivity index (χ0n) is 12.2. The van der Waals surface area contributed by atoms with Crippen LogP contribution in [0.2, 0.25) is 0 Å². The lowest BCUT2D eigenvalue weighted by atomic mass is 9.84. The summed E-state index contributed by atoms with van der Waals surface area (Å²) in [6, 6.07) is 6.97. The second-order valence-electron chi connectivity index (χ2n) is 5.84. The second kappa shape index (κ2) is 6.10. The molecule has 5 heteroatoms. The third-order valence-corrected chi connectivity index (χ3v) is 4.85. The molecule has 3 rings (SSSR count). The Morgan fingerprint density at radius 3 is 2.71 bits per heavy atom. The lowest BCUT2D eigenvalue weighted by Crippen LogP contribution is -2.20. The van der Waals surface area contributed by atoms with E-state index in [9.17, 15) is 4.39 Å². The number of nitrogens with one attached hydrogen (secondary N) is 1. The number of H-pyrrole nitrogens is 1. The molecule has 21 heavy (non-hydrogen) atoms. The molecule has 1 N–H and O–H groups in total. The molecule has 1 aromatic heterocycles. The third-order valence-electron chi connectivity index (χ3n) is 4.56. The van der Waals surface area contributed by atoms with Gasteiger partial charge in [0.15, 0.2) is 10.6 Å². The van der Waals surface area contributed by atoms with Gasteiger partial charge in [0.2, 0.25) is 0 Å². The highest BCUT2D eigenvalue weighted by atomic mass is 32.1. The summed E-state index contributed by atoms with van der Waals surface area (Å²) in [5, 5.41) is 7.10. The van der Waals surface area contributed by atoms with E-state index in [0.717, 1.165) is 0 Å². The van der Waals surface area contributed by atoms with E-state index in [2.05, 4.69) is 17.1 Å². The highest BCUT2D eigenvalue weighted by Crippen LogP contribution is 2.35. The largest absolute Gasteiger partial charge is 0.297 e. The summed E-state index contributed by atoms with van der Waals surface area (Å²) in [4.78, 5) is 0. The van der Waals surface area contributed by atoms with E-state index in [4.69, 9.17) is 12.2 Å². The van der Waals surface area contributed by atoms with Crippen molar-refractivity contribution in [2.24, 2.45) is 5.92 Å². The first-order valence-electron chi connectivity index (χ1n) is 7.60. The quantitative estimate of drug-likeness (QED) is 0.819. The molecule has 1 atom stereocenters. The van der Waals surface area contributed by atoms with Gasteiger partial charge in [-0.15, -0.1) is 0 Å². The topological polar surface area (TPSA) is 33.6 Å². The van der Waals surface area contributed by atoms with Crippen LogP contribution in [0, 0.1) is 16.5 Å². The minimum absolute atomic E-state index is 0.242. The van der Waals surface area contributed by atoms with Gasteiger partial charge in [-0.2, -0.15) is 5.10 Å². The molecule has 0 spiro atoms. The van der Waals surface area contributed by atoms with E-state index in [1.54, 1.807) is 12.1 Å². The van der Waals surface area contributed by atoms with Crippen molar-refractivity contribution in [1.82, 2.24) is 14.8 Å². The van der Waals surface area contributed by atoms with Gasteiger partial charge in [0.1, 0.15) is 5.82 Å². The molecule has 0 unspecified atom stereocenters. The molecule has 1 heterocycles. The predicted molar refractivity (Wildman–Crippen MR) is 84.1 cm³/mol. The molecule has 1 aliphatic carbocycles. The number of hydrogen-bond donors (Lipinski definition) is 1. The van der Waals surface area contributed by atoms with Crippen molar-refractivity contribution in [3.8, 4) is 11.4 Å². The number of nitrogens with zero attached hydrogens (tertiary/aromatic N) is 2. The van der Waals surface area contributed by atoms with Gasteiger partial charge >= 0.3 is 0 Å². The van der Waals surface area contributed by atoms with Crippen LogP contribution in [0.1, 0.15) is 45.1 Å². The average Bonchev–Trinajstić information content (AvgIpc) is 2.89. The van der Waals surface area contributed by atoms with Gasteiger partial charge in [-0.05, 0) is 50.0 Å². The van der Waals surface area contributed by atoms with E-state index in [-0.39, 0.29) is 11.9 Å². The molecule has 1 fully saturated rings. The molecule has 112 valence electrons. The third kappa shape index (κ3) is 2.79. The van der Waals surface area contributed by atoms with Crippen molar-refractivity contribution in [2.45, 2.75) is 45.1 Å². The van der Waals surface area contributed by atoms with Crippen LogP contribution in [0.4, 0.5) is 4.39 Å². The first-order valence-corrected chi connectivity index (χ1v) is 8.01. The zero-order valence-corrected chi connectivity index (χ0v) is 13.0. The molecule has 0 radical (unpaired) electrons. The maximum atomic E-state index is 14.1. The van der Waals surface area contributed by atoms with Crippen LogP contribution in [-0.4, -0.2) is 14.8 Å². The van der Waals surface area contributed by atoms with Gasteiger partial charge in [0.05, 0.1) is 5.56 Å². The molecule has 0 aliphatic heterocycles. The van der Waals surface area contributed by atoms with Gasteiger partial charge < -0.3 is 0 Å². The van der Waals surface area contributed by atoms with Gasteiger partial charge in [0, 0.05) is 6.04 Å². The summed E-state index contributed by atoms with van der Waals surface area (Å²) in [7, 11) is 0. The number of rotatable bonds is 3. The number of aromatic amines is 1. The predicted octanol–water partition coefficient (Wildman–Crippen LogP) is 4.89. The molecule has 0 amide bonds. The zero-order chi connectivity index (χ0) is 14.8. The Kier molecular flexibility index (Phi) is 4.19. The Labute approximate surface area is 129 Å². The van der Waals surface area contributed by atoms with Crippen molar-refractivity contribution < 1.29 is 4.39 Å². The van der Waals surface area contributed by atoms with Crippen LogP contribution in [0.25, 0.3) is 11.4 Å². The average molecular weight is 305 g/mol. The van der Waals surface area contributed by atoms with Crippen LogP contribution in [-0.2, 0) is 0 Å². The van der Waals surface area contributed by atoms with Crippen molar-refractivity contribution >= 4 is 12.2 Å². The van der Waals surface area contributed by atoms with Crippen LogP contribution in [0.5, 0.6) is 0 Å². The number of halogens is 1. The standard InChI is InChI=1S/C16H20FN3S/c1-11(12-7-3-2-4-8-12)20-15(18-19-16(20)21)13-9-5-6-10-14(13)17/h5-6,9-12H,2-4,7-8H2,1H3,(H,19,21)/t11-/m1/s1. The molecule has 2 aromatic rings. The molecule has 0 saturated heterocycles. The van der Waals surface area contributed by atoms with Crippen LogP contribution in [0.3, 0.4) is 0 Å². The van der Waals surface area contributed by atoms with Crippen LogP contribution >= 0.6 is 12.2 Å². The van der Waals surface area contributed by atoms with Crippen molar-refractivity contribution in [3.63, 3.8) is 0 Å². The van der Waals surface area contributed by atoms with E-state index < -0.39 is 0 Å². The molecular weight excluding hydrogens is 285 g/mol. The minimum Gasteiger partial charge on any atom is -0.297 e. The Morgan fingerprint density at radius 2 is 2.00 bits per heavy atom. The molecule has 1 aromatic carbocycles. The highest BCUT2D eigenvalue weighted by molar-refractivity contribution is 7.71. The van der Waals surface area contributed by atoms with E-state index in [0.29, 0.717) is 22.1 Å². The van der Waals surface area contributed by atoms with E-state index in [1.165, 1.54) is 38.2 Å². The lowest BCUT2D eigenvalue weighted by Gasteiger charge is -2.29. The fraction of sp³-hybridized carbons (Fsp3) is 0.500. The summed E-state index contributed by atoms with van der Waals surface area (Å²) in [6.07, 6.45) is 6.29. The fourth-order valence-corrected chi connectivity index (χ4v) is 3.64. The Morgan fingerprint density at radius 1 is 1.29 bits per heavy atom. The summed E-state index contributed by atoms with van der Waals surface area (Å²) >= 11 is 5.38. The number of benzene rings is 1. The normalized spacial score (nSPS) is 17.8. The van der Waals surface area contributed by atoms with Gasteiger partial charge in [-0.3, -0.25) is 9.67 Å². The highest BCUT2D eigenvalue weighted by Gasteiger charge is 2.25. The lowest BCUT2D eigenvalue weighted by molar-refractivity contribution is 0.263. The molecule has 1 aliphatic rings. The molecule has 1 saturated carbocycles. The smallest absolute Gasteiger partial charge is 0.195 e. The Bertz CT molecular complexity index is 670. The number of hydrogen-bond acceptors (Lipinski definition) is 2. The maximum Gasteiger partial charge on any atom is 0.195 e. The van der Waals surface area contributed by atoms with Crippen molar-refractivity contribution in [2.75, 3.05) is 0 Å². The Balaban J connectivity index is 2.01. The monoisotopic (exact) mass is 305 g/mol. The first kappa shape index (κ1) is 14.4. The van der Waals surface area contributed by atoms with Gasteiger partial charge in [-0.1, -0.05) is 31.4 Å². The van der Waals surface area contributed by atoms with Crippen molar-refractivity contribution in [1.29, 1.82) is 0 Å². The van der Waals surface area contributed by atoms with E-state index in [1.807, 2.05) is 10.6 Å². The SMILES string of the molecule is C[C@H](C1CCCCC1)n1c(-c2ccccc2F)n[nH]c1=S. The molecular formula is C16H20FN3S. The van der Waals surface area contributed by atoms with Gasteiger partial charge in [-0.25, -0.2) is 4.39 Å². The first-order chi connectivity index (χ1) is 10.2. The molecule has 0 bridgehead atoms. The second-order valence-corrected chi connectivity index (χ2v) is 6.23. The fourth-order valence-electron chi connectivity index (χ4n) is 3.34. The maximum absolute atomic E-state index is 14.1. The summed E-state index contributed by atoms with van der Waals surface area (Å²) < 4.78 is 16.6. The summed E-state index contributed by atoms with van der Waals surface area (Å²) in [6.45, 7) is 2.17. The van der Waals surface area contributed by atoms with Crippen molar-refractivity contribution in [3.05, 3.63) is 34.9 Å². The Hall–Kier alpha value is -1.49. The van der Waals surface area contributed by atoms with Crippen LogP contribution < -0.4 is 0 Å². The summed E-state index contributed by atoms with van der Waals surface area (Å²) in [5.74, 6) is 0.938. The van der Waals surface area contributed by atoms with Crippen LogP contribution in [0.15, 0.2) is 24.3 Å². The minimum atomic E-state index is -0.261. The number of aromatic nitrogens is 3. The molecule has 3 nitrogen and oxygen atoms in total. The summed E-state index contributed by atoms with van der Waals surface area (Å²) in [5.41, 5.74) is 0.507. The van der Waals surface area contributed by atoms with E-state index >= 15 is 0 Å². The van der Waals surface area contributed by atoms with Gasteiger partial charge in [0.25, 0.3) is 0 Å².